The fourth-order valence-corrected chi connectivity index (χ4v) is 5.82. The molecule has 0 spiro atoms. The van der Waals surface area contributed by atoms with E-state index in [1.165, 1.54) is 6.07 Å². The summed E-state index contributed by atoms with van der Waals surface area (Å²) in [7, 11) is 0. The number of carbonyl (C=O) groups is 4. The third-order valence-electron chi connectivity index (χ3n) is 7.57. The van der Waals surface area contributed by atoms with Gasteiger partial charge in [-0.25, -0.2) is 0 Å². The van der Waals surface area contributed by atoms with Crippen molar-refractivity contribution in [3.05, 3.63) is 70.2 Å². The molecule has 2 aromatic rings. The number of phenolic OH excluding ortho intramolecular Hbond substituents is 1. The maximum absolute atomic E-state index is 13.7. The van der Waals surface area contributed by atoms with Crippen LogP contribution in [0.2, 0.25) is 0 Å². The molecule has 196 valence electrons. The highest BCUT2D eigenvalue weighted by atomic mass is 16.3. The molecular weight excluding hydrogens is 496 g/mol. The summed E-state index contributed by atoms with van der Waals surface area (Å²) in [6.45, 7) is -0.668. The van der Waals surface area contributed by atoms with Gasteiger partial charge in [-0.05, 0) is 53.6 Å². The number of anilines is 1. The van der Waals surface area contributed by atoms with Gasteiger partial charge in [-0.2, -0.15) is 0 Å². The predicted octanol–water partition coefficient (Wildman–Crippen LogP) is 1.18. The molecule has 0 fully saturated rings. The van der Waals surface area contributed by atoms with E-state index in [-0.39, 0.29) is 36.1 Å². The maximum Gasteiger partial charge on any atom is 0.255 e. The number of carbonyl (C=O) groups excluding carboxylic acids is 4. The lowest BCUT2D eigenvalue weighted by Gasteiger charge is -2.45. The van der Waals surface area contributed by atoms with Crippen molar-refractivity contribution in [2.75, 3.05) is 11.9 Å². The Labute approximate surface area is 215 Å². The average molecular weight is 520 g/mol. The first-order valence-electron chi connectivity index (χ1n) is 11.8. The second-order valence-corrected chi connectivity index (χ2v) is 9.68. The van der Waals surface area contributed by atoms with Gasteiger partial charge in [-0.3, -0.25) is 19.2 Å². The lowest BCUT2D eigenvalue weighted by Crippen LogP contribution is -2.57. The molecule has 0 saturated heterocycles. The third kappa shape index (κ3) is 3.58. The molecule has 11 heteroatoms. The molecule has 3 aliphatic rings. The van der Waals surface area contributed by atoms with Gasteiger partial charge in [-0.15, -0.1) is 0 Å². The van der Waals surface area contributed by atoms with E-state index in [1.807, 2.05) is 0 Å². The lowest BCUT2D eigenvalue weighted by molar-refractivity contribution is -0.144. The van der Waals surface area contributed by atoms with Crippen molar-refractivity contribution in [3.63, 3.8) is 0 Å². The van der Waals surface area contributed by atoms with Crippen LogP contribution >= 0.6 is 0 Å². The van der Waals surface area contributed by atoms with Gasteiger partial charge in [0.05, 0.1) is 5.56 Å². The van der Waals surface area contributed by atoms with Crippen LogP contribution in [0, 0.1) is 11.8 Å². The molecule has 3 aliphatic carbocycles. The number of rotatable bonds is 4. The molecule has 0 unspecified atom stereocenters. The molecule has 0 aromatic heterocycles. The number of fused-ring (bicyclic) bond motifs is 3. The van der Waals surface area contributed by atoms with Crippen LogP contribution < -0.4 is 11.1 Å². The van der Waals surface area contributed by atoms with Crippen molar-refractivity contribution in [1.82, 2.24) is 0 Å². The van der Waals surface area contributed by atoms with E-state index in [2.05, 4.69) is 5.32 Å². The average Bonchev–Trinajstić information content (AvgIpc) is 2.86. The number of aromatic hydroxyl groups is 1. The molecule has 8 N–H and O–H groups in total. The summed E-state index contributed by atoms with van der Waals surface area (Å²) in [5.41, 5.74) is 3.68. The predicted molar refractivity (Wildman–Crippen MR) is 132 cm³/mol. The summed E-state index contributed by atoms with van der Waals surface area (Å²) < 4.78 is 0. The minimum absolute atomic E-state index is 0.0319. The van der Waals surface area contributed by atoms with E-state index in [1.54, 1.807) is 30.3 Å². The Morgan fingerprint density at radius 2 is 1.71 bits per heavy atom. The zero-order valence-corrected chi connectivity index (χ0v) is 19.9. The number of allylic oxidation sites excluding steroid dienone is 2. The van der Waals surface area contributed by atoms with E-state index in [4.69, 9.17) is 10.8 Å². The number of ketones is 2. The molecule has 0 saturated carbocycles. The van der Waals surface area contributed by atoms with Gasteiger partial charge < -0.3 is 36.6 Å². The molecule has 0 heterocycles. The van der Waals surface area contributed by atoms with Crippen molar-refractivity contribution in [2.45, 2.75) is 24.9 Å². The van der Waals surface area contributed by atoms with Crippen LogP contribution in [-0.2, 0) is 20.8 Å². The standard InChI is InChI=1S/C27H24N2O9/c28-26(37)22-18(32)9-13-7-12-8-16-15(11-1-3-14(4-2-11)29-19(33)10-30)5-6-17(31)21(16)23(34)20(12)24(35)27(13,38)25(22)36/h1-6,12-13,30-32,35,38H,7-10H2,(H2,28,37)(H,29,33)/t12-,13+,27+/m1/s1. The lowest BCUT2D eigenvalue weighted by atomic mass is 9.60. The second kappa shape index (κ2) is 8.82. The van der Waals surface area contributed by atoms with E-state index < -0.39 is 64.5 Å². The Bertz CT molecular complexity index is 1490. The first-order chi connectivity index (χ1) is 18.0. The van der Waals surface area contributed by atoms with Crippen molar-refractivity contribution in [3.8, 4) is 16.9 Å². The first-order valence-corrected chi connectivity index (χ1v) is 11.8. The SMILES string of the molecule is NC(=O)C1=C(O)C[C@@H]2C[C@@H]3Cc4c(-c5ccc(NC(=O)CO)cc5)ccc(O)c4C(=O)C3=C(O)[C@]2(O)C1=O. The van der Waals surface area contributed by atoms with Gasteiger partial charge in [0.1, 0.15) is 29.4 Å². The fraction of sp³-hybridized carbons (Fsp3) is 0.259. The monoisotopic (exact) mass is 520 g/mol. The number of aliphatic hydroxyl groups excluding tert-OH is 3. The fourth-order valence-electron chi connectivity index (χ4n) is 5.82. The summed E-state index contributed by atoms with van der Waals surface area (Å²) in [6.07, 6.45) is -0.103. The number of Topliss-reactive ketones (excluding diaryl/α,β-unsaturated/α-hetero) is 2. The van der Waals surface area contributed by atoms with Crippen molar-refractivity contribution in [2.24, 2.45) is 17.6 Å². The highest BCUT2D eigenvalue weighted by Gasteiger charge is 2.59. The number of phenols is 1. The molecule has 38 heavy (non-hydrogen) atoms. The van der Waals surface area contributed by atoms with Gasteiger partial charge in [-0.1, -0.05) is 18.2 Å². The minimum Gasteiger partial charge on any atom is -0.511 e. The Hall–Kier alpha value is -4.48. The normalized spacial score (nSPS) is 24.5. The number of aliphatic hydroxyl groups is 4. The summed E-state index contributed by atoms with van der Waals surface area (Å²) in [5.74, 6) is -7.38. The van der Waals surface area contributed by atoms with Crippen molar-refractivity contribution < 1.29 is 44.7 Å². The summed E-state index contributed by atoms with van der Waals surface area (Å²) in [4.78, 5) is 49.9. The van der Waals surface area contributed by atoms with Crippen LogP contribution in [-0.4, -0.2) is 61.1 Å². The van der Waals surface area contributed by atoms with Crippen LogP contribution in [0.1, 0.15) is 28.8 Å². The van der Waals surface area contributed by atoms with Gasteiger partial charge in [0.25, 0.3) is 5.91 Å². The number of amides is 2. The van der Waals surface area contributed by atoms with Gasteiger partial charge in [0.15, 0.2) is 11.4 Å². The van der Waals surface area contributed by atoms with E-state index in [9.17, 15) is 39.6 Å². The summed E-state index contributed by atoms with van der Waals surface area (Å²) in [6, 6.07) is 9.58. The number of nitrogens with two attached hydrogens (primary N) is 1. The second-order valence-electron chi connectivity index (χ2n) is 9.68. The molecule has 3 atom stereocenters. The maximum atomic E-state index is 13.7. The quantitative estimate of drug-likeness (QED) is 0.288. The van der Waals surface area contributed by atoms with Crippen molar-refractivity contribution in [1.29, 1.82) is 0 Å². The number of nitrogens with one attached hydrogen (secondary N) is 1. The van der Waals surface area contributed by atoms with Crippen LogP contribution in [0.25, 0.3) is 11.1 Å². The summed E-state index contributed by atoms with van der Waals surface area (Å²) in [5, 5.41) is 54.8. The van der Waals surface area contributed by atoms with E-state index in [0.717, 1.165) is 0 Å². The molecule has 0 aliphatic heterocycles. The smallest absolute Gasteiger partial charge is 0.255 e. The Kier molecular flexibility index (Phi) is 5.85. The van der Waals surface area contributed by atoms with Gasteiger partial charge in [0, 0.05) is 23.6 Å². The zero-order chi connectivity index (χ0) is 27.5. The van der Waals surface area contributed by atoms with Crippen LogP contribution in [0.5, 0.6) is 5.75 Å². The minimum atomic E-state index is -2.61. The van der Waals surface area contributed by atoms with Gasteiger partial charge in [0.2, 0.25) is 11.7 Å². The Morgan fingerprint density at radius 3 is 2.34 bits per heavy atom. The van der Waals surface area contributed by atoms with Crippen molar-refractivity contribution >= 4 is 29.1 Å². The zero-order valence-electron chi connectivity index (χ0n) is 19.9. The number of primary amides is 1. The molecule has 0 radical (unpaired) electrons. The number of benzene rings is 2. The topological polar surface area (TPSA) is 207 Å². The van der Waals surface area contributed by atoms with Crippen LogP contribution in [0.4, 0.5) is 5.69 Å². The van der Waals surface area contributed by atoms with Crippen LogP contribution in [0.15, 0.2) is 59.1 Å². The number of hydrogen-bond donors (Lipinski definition) is 7. The Balaban J connectivity index is 1.60. The molecule has 0 bridgehead atoms. The Morgan fingerprint density at radius 1 is 1.03 bits per heavy atom. The molecular formula is C27H24N2O9. The van der Waals surface area contributed by atoms with E-state index >= 15 is 0 Å². The molecule has 2 amide bonds. The number of hydrogen-bond acceptors (Lipinski definition) is 9. The largest absolute Gasteiger partial charge is 0.511 e. The highest BCUT2D eigenvalue weighted by Crippen LogP contribution is 2.52. The van der Waals surface area contributed by atoms with Gasteiger partial charge >= 0.3 is 0 Å². The highest BCUT2D eigenvalue weighted by molar-refractivity contribution is 6.24. The van der Waals surface area contributed by atoms with Crippen LogP contribution in [0.3, 0.4) is 0 Å². The van der Waals surface area contributed by atoms with E-state index in [0.29, 0.717) is 22.4 Å². The molecule has 5 rings (SSSR count). The molecule has 2 aromatic carbocycles. The molecule has 11 nitrogen and oxygen atoms in total. The summed E-state index contributed by atoms with van der Waals surface area (Å²) >= 11 is 0. The third-order valence-corrected chi connectivity index (χ3v) is 7.57. The first kappa shape index (κ1) is 25.2.